The molecule has 1 saturated heterocycles. The first kappa shape index (κ1) is 28.1. The van der Waals surface area contributed by atoms with Gasteiger partial charge in [-0.15, -0.1) is 0 Å². The van der Waals surface area contributed by atoms with Crippen LogP contribution in [0.25, 0.3) is 11.1 Å². The third kappa shape index (κ3) is 6.58. The summed E-state index contributed by atoms with van der Waals surface area (Å²) in [5, 5.41) is 5.89. The van der Waals surface area contributed by atoms with E-state index in [1.165, 1.54) is 11.1 Å². The fourth-order valence-electron chi connectivity index (χ4n) is 5.69. The Hall–Kier alpha value is -5.00. The molecule has 43 heavy (non-hydrogen) atoms. The maximum absolute atomic E-state index is 13.4. The zero-order valence-electron chi connectivity index (χ0n) is 24.4. The largest absolute Gasteiger partial charge is 0.457 e. The van der Waals surface area contributed by atoms with Gasteiger partial charge in [-0.2, -0.15) is 0 Å². The highest BCUT2D eigenvalue weighted by molar-refractivity contribution is 5.95. The summed E-state index contributed by atoms with van der Waals surface area (Å²) >= 11 is 0. The Balaban J connectivity index is 1.06. The Bertz CT molecular complexity index is 1620. The Morgan fingerprint density at radius 3 is 1.53 bits per heavy atom. The van der Waals surface area contributed by atoms with Crippen molar-refractivity contribution in [3.8, 4) is 22.6 Å². The molecule has 5 nitrogen and oxygen atoms in total. The number of nitrogens with zero attached hydrogens (tertiary/aromatic N) is 2. The molecule has 0 bridgehead atoms. The number of ether oxygens (including phenoxy) is 1. The molecule has 0 unspecified atom stereocenters. The summed E-state index contributed by atoms with van der Waals surface area (Å²) in [6.45, 7) is 4.90. The third-order valence-electron chi connectivity index (χ3n) is 8.06. The predicted molar refractivity (Wildman–Crippen MR) is 172 cm³/mol. The van der Waals surface area contributed by atoms with Crippen molar-refractivity contribution in [1.82, 2.24) is 9.80 Å². The van der Waals surface area contributed by atoms with Crippen LogP contribution in [0, 0.1) is 0 Å². The molecule has 5 heteroatoms. The van der Waals surface area contributed by atoms with Gasteiger partial charge >= 0.3 is 0 Å². The second-order valence-electron chi connectivity index (χ2n) is 11.0. The van der Waals surface area contributed by atoms with Gasteiger partial charge < -0.3 is 9.64 Å². The van der Waals surface area contributed by atoms with Crippen molar-refractivity contribution in [3.63, 3.8) is 0 Å². The molecule has 6 rings (SSSR count). The van der Waals surface area contributed by atoms with Gasteiger partial charge in [0.25, 0.3) is 5.91 Å². The molecule has 0 atom stereocenters. The molecular formula is C38H36N3O2+. The van der Waals surface area contributed by atoms with Gasteiger partial charge in [0.1, 0.15) is 11.5 Å². The number of hydrogen-bond donors (Lipinski definition) is 1. The molecule has 1 heterocycles. The minimum atomic E-state index is 0.0555. The normalized spacial score (nSPS) is 13.6. The van der Waals surface area contributed by atoms with Crippen molar-refractivity contribution in [2.45, 2.75) is 13.0 Å². The second kappa shape index (κ2) is 12.9. The number of nitrogens with two attached hydrogens (primary N) is 1. The smallest absolute Gasteiger partial charge is 0.253 e. The van der Waals surface area contributed by atoms with E-state index < -0.39 is 0 Å². The van der Waals surface area contributed by atoms with Crippen molar-refractivity contribution in [2.75, 3.05) is 26.2 Å². The number of carbonyl (C=O) groups excluding carboxylic acids is 1. The van der Waals surface area contributed by atoms with E-state index in [2.05, 4.69) is 77.7 Å². The van der Waals surface area contributed by atoms with Crippen molar-refractivity contribution in [2.24, 2.45) is 0 Å². The molecule has 214 valence electrons. The van der Waals surface area contributed by atoms with Gasteiger partial charge in [-0.1, -0.05) is 84.9 Å². The van der Waals surface area contributed by atoms with Gasteiger partial charge in [0.2, 0.25) is 0 Å². The van der Waals surface area contributed by atoms with Crippen LogP contribution in [0.4, 0.5) is 0 Å². The minimum absolute atomic E-state index is 0.0555. The summed E-state index contributed by atoms with van der Waals surface area (Å²) in [7, 11) is 0. The Labute approximate surface area is 253 Å². The molecule has 0 spiro atoms. The van der Waals surface area contributed by atoms with Gasteiger partial charge in [0.15, 0.2) is 5.71 Å². The lowest BCUT2D eigenvalue weighted by Crippen LogP contribution is -2.49. The second-order valence-corrected chi connectivity index (χ2v) is 11.0. The van der Waals surface area contributed by atoms with E-state index in [1.807, 2.05) is 72.5 Å². The molecule has 1 aliphatic heterocycles. The highest BCUT2D eigenvalue weighted by Gasteiger charge is 2.28. The summed E-state index contributed by atoms with van der Waals surface area (Å²) in [4.78, 5) is 17.8. The van der Waals surface area contributed by atoms with Crippen LogP contribution in [0.5, 0.6) is 11.5 Å². The Morgan fingerprint density at radius 2 is 1.05 bits per heavy atom. The predicted octanol–water partition coefficient (Wildman–Crippen LogP) is 6.26. The fraction of sp³-hybridized carbons (Fsp3) is 0.158. The van der Waals surface area contributed by atoms with E-state index in [0.29, 0.717) is 24.4 Å². The molecule has 0 aromatic heterocycles. The SMILES string of the molecule is CC(=[NH2+])c1ccc(-c2ccc(Oc3ccc(C(=O)N4CCN(C(c5ccccc5)c5ccccc5)CC4)cc3)cc2)cc1. The maximum atomic E-state index is 13.4. The molecule has 0 saturated carbocycles. The van der Waals surface area contributed by atoms with Crippen LogP contribution in [0.3, 0.4) is 0 Å². The first-order chi connectivity index (χ1) is 21.0. The topological polar surface area (TPSA) is 58.4 Å². The average Bonchev–Trinajstić information content (AvgIpc) is 3.07. The Kier molecular flexibility index (Phi) is 8.43. The Morgan fingerprint density at radius 1 is 0.605 bits per heavy atom. The van der Waals surface area contributed by atoms with E-state index in [-0.39, 0.29) is 11.9 Å². The molecule has 5 aromatic carbocycles. The standard InChI is InChI=1S/C38H35N3O2/c1-28(39)29-12-14-30(15-13-29)31-16-20-35(21-17-31)43-36-22-18-34(19-23-36)38(42)41-26-24-40(25-27-41)37(32-8-4-2-5-9-32)33-10-6-3-7-11-33/h2-23,37,39H,24-27H2,1H3/p+1. The van der Waals surface area contributed by atoms with Crippen LogP contribution in [0.1, 0.15) is 40.0 Å². The number of piperazine rings is 1. The summed E-state index contributed by atoms with van der Waals surface area (Å²) in [6, 6.07) is 45.1. The zero-order chi connectivity index (χ0) is 29.6. The summed E-state index contributed by atoms with van der Waals surface area (Å²) in [5.41, 5.74) is 7.29. The quantitative estimate of drug-likeness (QED) is 0.226. The maximum Gasteiger partial charge on any atom is 0.253 e. The molecule has 1 aliphatic rings. The number of amides is 1. The highest BCUT2D eigenvalue weighted by Crippen LogP contribution is 2.30. The minimum Gasteiger partial charge on any atom is -0.457 e. The number of benzene rings is 5. The van der Waals surface area contributed by atoms with E-state index in [1.54, 1.807) is 0 Å². The zero-order valence-corrected chi connectivity index (χ0v) is 24.4. The molecule has 1 amide bonds. The molecule has 5 aromatic rings. The van der Waals surface area contributed by atoms with E-state index in [0.717, 1.165) is 41.2 Å². The lowest BCUT2D eigenvalue weighted by molar-refractivity contribution is -0.113. The van der Waals surface area contributed by atoms with Crippen molar-refractivity contribution >= 4 is 11.6 Å². The van der Waals surface area contributed by atoms with Gasteiger partial charge in [0, 0.05) is 44.2 Å². The molecule has 0 radical (unpaired) electrons. The first-order valence-corrected chi connectivity index (χ1v) is 14.8. The average molecular weight is 567 g/mol. The van der Waals surface area contributed by atoms with Crippen LogP contribution >= 0.6 is 0 Å². The summed E-state index contributed by atoms with van der Waals surface area (Å²) in [5.74, 6) is 1.49. The van der Waals surface area contributed by atoms with Crippen LogP contribution in [-0.4, -0.2) is 47.6 Å². The molecular weight excluding hydrogens is 530 g/mol. The number of rotatable bonds is 8. The van der Waals surface area contributed by atoms with Crippen LogP contribution in [0.2, 0.25) is 0 Å². The number of hydrogen-bond acceptors (Lipinski definition) is 3. The van der Waals surface area contributed by atoms with Gasteiger partial charge in [-0.25, -0.2) is 0 Å². The lowest BCUT2D eigenvalue weighted by Gasteiger charge is -2.39. The molecule has 2 N–H and O–H groups in total. The van der Waals surface area contributed by atoms with Crippen LogP contribution in [-0.2, 0) is 0 Å². The van der Waals surface area contributed by atoms with Crippen molar-refractivity contribution < 1.29 is 14.9 Å². The van der Waals surface area contributed by atoms with E-state index in [9.17, 15) is 4.79 Å². The fourth-order valence-corrected chi connectivity index (χ4v) is 5.69. The first-order valence-electron chi connectivity index (χ1n) is 14.8. The van der Waals surface area contributed by atoms with E-state index in [4.69, 9.17) is 10.1 Å². The lowest BCUT2D eigenvalue weighted by atomic mass is 9.96. The van der Waals surface area contributed by atoms with Gasteiger partial charge in [-0.3, -0.25) is 15.1 Å². The molecule has 0 aliphatic carbocycles. The third-order valence-corrected chi connectivity index (χ3v) is 8.06. The van der Waals surface area contributed by atoms with Crippen LogP contribution < -0.4 is 10.1 Å². The number of carbonyl (C=O) groups is 1. The van der Waals surface area contributed by atoms with E-state index >= 15 is 0 Å². The van der Waals surface area contributed by atoms with Crippen molar-refractivity contribution in [1.29, 1.82) is 0 Å². The monoisotopic (exact) mass is 566 g/mol. The summed E-state index contributed by atoms with van der Waals surface area (Å²) in [6.07, 6.45) is 0. The molecule has 1 fully saturated rings. The van der Waals surface area contributed by atoms with Gasteiger partial charge in [0.05, 0.1) is 6.04 Å². The van der Waals surface area contributed by atoms with Crippen LogP contribution in [0.15, 0.2) is 133 Å². The van der Waals surface area contributed by atoms with Gasteiger partial charge in [-0.05, 0) is 70.8 Å². The summed E-state index contributed by atoms with van der Waals surface area (Å²) < 4.78 is 6.07. The highest BCUT2D eigenvalue weighted by atomic mass is 16.5. The van der Waals surface area contributed by atoms with Crippen molar-refractivity contribution in [3.05, 3.63) is 156 Å².